The van der Waals surface area contributed by atoms with E-state index in [1.807, 2.05) is 0 Å². The second-order valence-corrected chi connectivity index (χ2v) is 4.83. The lowest BCUT2D eigenvalue weighted by Crippen LogP contribution is -2.25. The maximum Gasteiger partial charge on any atom is 0.227 e. The van der Waals surface area contributed by atoms with E-state index in [2.05, 4.69) is 18.7 Å². The Labute approximate surface area is 110 Å². The van der Waals surface area contributed by atoms with Crippen LogP contribution < -0.4 is 4.90 Å². The van der Waals surface area contributed by atoms with Crippen molar-refractivity contribution in [3.05, 3.63) is 28.8 Å². The van der Waals surface area contributed by atoms with Gasteiger partial charge < -0.3 is 4.90 Å². The van der Waals surface area contributed by atoms with Gasteiger partial charge in [0, 0.05) is 18.0 Å². The number of nitrogens with zero attached hydrogens (tertiary/aromatic N) is 2. The zero-order valence-electron chi connectivity index (χ0n) is 9.06. The lowest BCUT2D eigenvalue weighted by atomic mass is 10.1. The Hall–Kier alpha value is -1.18. The molecule has 1 aliphatic heterocycles. The molecule has 0 saturated carbocycles. The monoisotopic (exact) mass is 266 g/mol. The zero-order valence-corrected chi connectivity index (χ0v) is 10.7. The van der Waals surface area contributed by atoms with Gasteiger partial charge in [0.05, 0.1) is 11.3 Å². The average molecular weight is 267 g/mol. The molecule has 1 fully saturated rings. The Morgan fingerprint density at radius 3 is 2.94 bits per heavy atom. The van der Waals surface area contributed by atoms with Crippen molar-refractivity contribution in [3.63, 3.8) is 0 Å². The lowest BCUT2D eigenvalue weighted by molar-refractivity contribution is -0.117. The van der Waals surface area contributed by atoms with E-state index < -0.39 is 0 Å². The van der Waals surface area contributed by atoms with Crippen LogP contribution in [0.5, 0.6) is 0 Å². The first-order valence-corrected chi connectivity index (χ1v) is 6.27. The molecule has 0 spiro atoms. The first-order chi connectivity index (χ1) is 8.15. The largest absolute Gasteiger partial charge is 0.311 e. The van der Waals surface area contributed by atoms with Crippen LogP contribution in [0.2, 0.25) is 5.02 Å². The third-order valence-corrected chi connectivity index (χ3v) is 3.58. The van der Waals surface area contributed by atoms with Crippen LogP contribution in [0.15, 0.2) is 18.2 Å². The van der Waals surface area contributed by atoms with Gasteiger partial charge in [-0.2, -0.15) is 17.9 Å². The first-order valence-electron chi connectivity index (χ1n) is 5.26. The van der Waals surface area contributed by atoms with E-state index in [0.717, 1.165) is 0 Å². The summed E-state index contributed by atoms with van der Waals surface area (Å²) in [6.07, 6.45) is 0.497. The molecule has 17 heavy (non-hydrogen) atoms. The van der Waals surface area contributed by atoms with E-state index in [1.54, 1.807) is 23.1 Å². The quantitative estimate of drug-likeness (QED) is 0.836. The fourth-order valence-corrected chi connectivity index (χ4v) is 2.39. The van der Waals surface area contributed by atoms with Crippen molar-refractivity contribution in [3.8, 4) is 6.07 Å². The fraction of sp³-hybridized carbons (Fsp3) is 0.333. The van der Waals surface area contributed by atoms with E-state index in [9.17, 15) is 4.79 Å². The number of anilines is 1. The van der Waals surface area contributed by atoms with Gasteiger partial charge in [0.25, 0.3) is 0 Å². The van der Waals surface area contributed by atoms with Gasteiger partial charge in [-0.3, -0.25) is 4.79 Å². The van der Waals surface area contributed by atoms with Gasteiger partial charge >= 0.3 is 0 Å². The smallest absolute Gasteiger partial charge is 0.227 e. The minimum atomic E-state index is 0.0443. The SMILES string of the molecule is N#Cc1cc(Cl)ccc1N1CC(CS)CC1=O. The number of nitriles is 1. The number of benzene rings is 1. The number of carbonyl (C=O) groups excluding carboxylic acids is 1. The Bertz CT molecular complexity index is 498. The molecule has 3 nitrogen and oxygen atoms in total. The average Bonchev–Trinajstić information content (AvgIpc) is 2.70. The minimum absolute atomic E-state index is 0.0443. The molecule has 1 aliphatic rings. The molecule has 1 aromatic carbocycles. The van der Waals surface area contributed by atoms with Crippen LogP contribution in [-0.4, -0.2) is 18.2 Å². The molecule has 5 heteroatoms. The van der Waals surface area contributed by atoms with E-state index >= 15 is 0 Å². The molecule has 0 bridgehead atoms. The molecule has 1 amide bonds. The van der Waals surface area contributed by atoms with E-state index in [0.29, 0.717) is 35.0 Å². The topological polar surface area (TPSA) is 44.1 Å². The van der Waals surface area contributed by atoms with Crippen molar-refractivity contribution in [1.82, 2.24) is 0 Å². The number of hydrogen-bond donors (Lipinski definition) is 1. The van der Waals surface area contributed by atoms with Crippen molar-refractivity contribution in [2.45, 2.75) is 6.42 Å². The van der Waals surface area contributed by atoms with Crippen molar-refractivity contribution in [1.29, 1.82) is 5.26 Å². The molecule has 0 N–H and O–H groups in total. The highest BCUT2D eigenvalue weighted by Crippen LogP contribution is 2.29. The number of rotatable bonds is 2. The van der Waals surface area contributed by atoms with Crippen LogP contribution in [0, 0.1) is 17.2 Å². The van der Waals surface area contributed by atoms with Gasteiger partial charge in [-0.05, 0) is 29.9 Å². The summed E-state index contributed by atoms with van der Waals surface area (Å²) in [5.41, 5.74) is 1.08. The van der Waals surface area contributed by atoms with E-state index in [4.69, 9.17) is 16.9 Å². The summed E-state index contributed by atoms with van der Waals surface area (Å²) in [7, 11) is 0. The standard InChI is InChI=1S/C12H11ClN2OS/c13-10-1-2-11(9(4-10)5-14)15-6-8(7-17)3-12(15)16/h1-2,4,8,17H,3,6-7H2. The molecule has 88 valence electrons. The van der Waals surface area contributed by atoms with Gasteiger partial charge in [0.2, 0.25) is 5.91 Å². The van der Waals surface area contributed by atoms with Crippen LogP contribution in [0.3, 0.4) is 0 Å². The van der Waals surface area contributed by atoms with Crippen LogP contribution in [-0.2, 0) is 4.79 Å². The van der Waals surface area contributed by atoms with Gasteiger partial charge in [-0.1, -0.05) is 11.6 Å². The number of carbonyl (C=O) groups is 1. The van der Waals surface area contributed by atoms with Crippen molar-refractivity contribution in [2.24, 2.45) is 5.92 Å². The number of thiol groups is 1. The van der Waals surface area contributed by atoms with E-state index in [-0.39, 0.29) is 11.8 Å². The minimum Gasteiger partial charge on any atom is -0.311 e. The molecule has 1 saturated heterocycles. The molecule has 1 aromatic rings. The molecule has 0 radical (unpaired) electrons. The van der Waals surface area contributed by atoms with Crippen LogP contribution in [0.4, 0.5) is 5.69 Å². The summed E-state index contributed by atoms with van der Waals surface area (Å²) >= 11 is 10.0. The lowest BCUT2D eigenvalue weighted by Gasteiger charge is -2.17. The highest BCUT2D eigenvalue weighted by molar-refractivity contribution is 7.80. The normalized spacial score (nSPS) is 19.5. The fourth-order valence-electron chi connectivity index (χ4n) is 1.97. The van der Waals surface area contributed by atoms with Gasteiger partial charge in [-0.25, -0.2) is 0 Å². The highest BCUT2D eigenvalue weighted by atomic mass is 35.5. The maximum absolute atomic E-state index is 11.8. The van der Waals surface area contributed by atoms with Crippen molar-refractivity contribution in [2.75, 3.05) is 17.2 Å². The summed E-state index contributed by atoms with van der Waals surface area (Å²) in [5.74, 6) is 0.980. The Balaban J connectivity index is 2.35. The van der Waals surface area contributed by atoms with Crippen LogP contribution in [0.25, 0.3) is 0 Å². The highest BCUT2D eigenvalue weighted by Gasteiger charge is 2.30. The van der Waals surface area contributed by atoms with Crippen LogP contribution in [0.1, 0.15) is 12.0 Å². The van der Waals surface area contributed by atoms with Gasteiger partial charge in [-0.15, -0.1) is 0 Å². The second kappa shape index (κ2) is 4.99. The predicted octanol–water partition coefficient (Wildman–Crippen LogP) is 2.49. The first kappa shape index (κ1) is 12.3. The summed E-state index contributed by atoms with van der Waals surface area (Å²) in [5, 5.41) is 9.55. The molecule has 0 aliphatic carbocycles. The molecule has 1 atom stereocenters. The Morgan fingerprint density at radius 1 is 1.59 bits per heavy atom. The van der Waals surface area contributed by atoms with Crippen LogP contribution >= 0.6 is 24.2 Å². The summed E-state index contributed by atoms with van der Waals surface area (Å²) in [6.45, 7) is 0.624. The van der Waals surface area contributed by atoms with Crippen molar-refractivity contribution >= 4 is 35.8 Å². The predicted molar refractivity (Wildman–Crippen MR) is 70.5 cm³/mol. The molecule has 1 heterocycles. The number of hydrogen-bond acceptors (Lipinski definition) is 3. The third kappa shape index (κ3) is 2.41. The molecular formula is C12H11ClN2OS. The summed E-state index contributed by atoms with van der Waals surface area (Å²) in [4.78, 5) is 13.5. The third-order valence-electron chi connectivity index (χ3n) is 2.83. The summed E-state index contributed by atoms with van der Waals surface area (Å²) in [6, 6.07) is 7.07. The summed E-state index contributed by atoms with van der Waals surface area (Å²) < 4.78 is 0. The van der Waals surface area contributed by atoms with Gasteiger partial charge in [0.15, 0.2) is 0 Å². The molecular weight excluding hydrogens is 256 g/mol. The van der Waals surface area contributed by atoms with Gasteiger partial charge in [0.1, 0.15) is 6.07 Å². The Morgan fingerprint density at radius 2 is 2.35 bits per heavy atom. The number of halogens is 1. The number of amides is 1. The second-order valence-electron chi connectivity index (χ2n) is 4.03. The molecule has 0 aromatic heterocycles. The molecule has 1 unspecified atom stereocenters. The van der Waals surface area contributed by atoms with Crippen molar-refractivity contribution < 1.29 is 4.79 Å². The Kier molecular flexibility index (Phi) is 3.60. The molecule has 2 rings (SSSR count). The zero-order chi connectivity index (χ0) is 12.4. The van der Waals surface area contributed by atoms with E-state index in [1.165, 1.54) is 0 Å². The maximum atomic E-state index is 11.8.